The molecule has 0 amide bonds. The number of methoxy groups -OCH3 is 1. The molecule has 2 N–H and O–H groups in total. The molecule has 1 aromatic rings. The third-order valence-electron chi connectivity index (χ3n) is 3.45. The van der Waals surface area contributed by atoms with E-state index >= 15 is 0 Å². The number of aliphatic hydroxyl groups excluding tert-OH is 1. The highest BCUT2D eigenvalue weighted by Gasteiger charge is 2.28. The zero-order valence-corrected chi connectivity index (χ0v) is 11.9. The van der Waals surface area contributed by atoms with E-state index in [1.165, 1.54) is 6.07 Å². The zero-order valence-electron chi connectivity index (χ0n) is 11.1. The van der Waals surface area contributed by atoms with Crippen molar-refractivity contribution in [3.8, 4) is 5.75 Å². The molecule has 0 radical (unpaired) electrons. The van der Waals surface area contributed by atoms with Gasteiger partial charge in [-0.2, -0.15) is 0 Å². The molecule has 5 nitrogen and oxygen atoms in total. The van der Waals surface area contributed by atoms with Crippen LogP contribution in [0.4, 0.5) is 0 Å². The molecule has 0 unspecified atom stereocenters. The Balaban J connectivity index is 2.04. The van der Waals surface area contributed by atoms with Crippen LogP contribution in [0.5, 0.6) is 5.75 Å². The van der Waals surface area contributed by atoms with Crippen LogP contribution in [-0.2, 0) is 10.0 Å². The standard InChI is InChI=1S/C13H19NO4S/c1-9-5-12(3-4-13(9)18-2)19(16,17)14-8-10-6-11(15)7-10/h3-5,10-11,14-15H,6-8H2,1-2H3. The van der Waals surface area contributed by atoms with Crippen LogP contribution in [0.15, 0.2) is 23.1 Å². The van der Waals surface area contributed by atoms with Gasteiger partial charge in [-0.05, 0) is 49.4 Å². The number of aryl methyl sites for hydroxylation is 1. The number of hydrogen-bond acceptors (Lipinski definition) is 4. The molecule has 106 valence electrons. The van der Waals surface area contributed by atoms with E-state index in [9.17, 15) is 8.42 Å². The Labute approximate surface area is 113 Å². The fourth-order valence-corrected chi connectivity index (χ4v) is 3.40. The minimum absolute atomic E-state index is 0.240. The van der Waals surface area contributed by atoms with Gasteiger partial charge in [0, 0.05) is 6.54 Å². The first kappa shape index (κ1) is 14.3. The molecule has 0 saturated heterocycles. The van der Waals surface area contributed by atoms with Crippen LogP contribution >= 0.6 is 0 Å². The van der Waals surface area contributed by atoms with E-state index < -0.39 is 10.0 Å². The highest BCUT2D eigenvalue weighted by Crippen LogP contribution is 2.27. The Bertz CT molecular complexity index is 550. The minimum Gasteiger partial charge on any atom is -0.496 e. The second kappa shape index (κ2) is 5.48. The van der Waals surface area contributed by atoms with Crippen LogP contribution in [0.1, 0.15) is 18.4 Å². The number of aliphatic hydroxyl groups is 1. The first-order valence-electron chi connectivity index (χ1n) is 6.24. The average Bonchev–Trinajstić information content (AvgIpc) is 2.33. The Morgan fingerprint density at radius 1 is 1.42 bits per heavy atom. The predicted molar refractivity (Wildman–Crippen MR) is 71.7 cm³/mol. The number of rotatable bonds is 5. The third-order valence-corrected chi connectivity index (χ3v) is 4.87. The van der Waals surface area contributed by atoms with Crippen molar-refractivity contribution >= 4 is 10.0 Å². The molecule has 0 aromatic heterocycles. The fourth-order valence-electron chi connectivity index (χ4n) is 2.20. The molecule has 1 fully saturated rings. The Morgan fingerprint density at radius 3 is 2.63 bits per heavy atom. The van der Waals surface area contributed by atoms with E-state index in [1.807, 2.05) is 0 Å². The van der Waals surface area contributed by atoms with E-state index in [-0.39, 0.29) is 16.9 Å². The van der Waals surface area contributed by atoms with Gasteiger partial charge in [0.25, 0.3) is 0 Å². The van der Waals surface area contributed by atoms with Crippen molar-refractivity contribution in [2.45, 2.75) is 30.8 Å². The lowest BCUT2D eigenvalue weighted by Crippen LogP contribution is -2.38. The summed E-state index contributed by atoms with van der Waals surface area (Å²) in [4.78, 5) is 0.241. The summed E-state index contributed by atoms with van der Waals surface area (Å²) in [6.45, 7) is 2.19. The van der Waals surface area contributed by atoms with Gasteiger partial charge >= 0.3 is 0 Å². The van der Waals surface area contributed by atoms with Gasteiger partial charge in [0.15, 0.2) is 0 Å². The SMILES string of the molecule is COc1ccc(S(=O)(=O)NCC2CC(O)C2)cc1C. The van der Waals surface area contributed by atoms with E-state index in [0.717, 1.165) is 5.56 Å². The van der Waals surface area contributed by atoms with Crippen LogP contribution in [0, 0.1) is 12.8 Å². The van der Waals surface area contributed by atoms with Crippen molar-refractivity contribution in [1.29, 1.82) is 0 Å². The van der Waals surface area contributed by atoms with Crippen LogP contribution in [0.25, 0.3) is 0 Å². The van der Waals surface area contributed by atoms with Crippen LogP contribution in [-0.4, -0.2) is 33.3 Å². The molecule has 0 heterocycles. The molecular weight excluding hydrogens is 266 g/mol. The van der Waals surface area contributed by atoms with Gasteiger partial charge in [0.2, 0.25) is 10.0 Å². The molecule has 0 aliphatic heterocycles. The van der Waals surface area contributed by atoms with E-state index in [4.69, 9.17) is 9.84 Å². The van der Waals surface area contributed by atoms with Crippen molar-refractivity contribution in [3.05, 3.63) is 23.8 Å². The molecule has 6 heteroatoms. The van der Waals surface area contributed by atoms with Crippen molar-refractivity contribution in [1.82, 2.24) is 4.72 Å². The van der Waals surface area contributed by atoms with Crippen molar-refractivity contribution < 1.29 is 18.3 Å². The van der Waals surface area contributed by atoms with Crippen LogP contribution in [0.3, 0.4) is 0 Å². The minimum atomic E-state index is -3.48. The first-order chi connectivity index (χ1) is 8.92. The summed E-state index contributed by atoms with van der Waals surface area (Å²) in [5, 5.41) is 9.17. The molecule has 1 aliphatic rings. The zero-order chi connectivity index (χ0) is 14.0. The summed E-state index contributed by atoms with van der Waals surface area (Å²) in [5.41, 5.74) is 0.782. The Kier molecular flexibility index (Phi) is 4.13. The Hall–Kier alpha value is -1.11. The monoisotopic (exact) mass is 285 g/mol. The van der Waals surface area contributed by atoms with Crippen LogP contribution in [0.2, 0.25) is 0 Å². The summed E-state index contributed by atoms with van der Waals surface area (Å²) in [7, 11) is -1.93. The number of ether oxygens (including phenoxy) is 1. The van der Waals surface area contributed by atoms with Gasteiger partial charge in [-0.1, -0.05) is 0 Å². The molecule has 2 rings (SSSR count). The van der Waals surface area contributed by atoms with Gasteiger partial charge in [0.1, 0.15) is 5.75 Å². The summed E-state index contributed by atoms with van der Waals surface area (Å²) in [6.07, 6.45) is 1.08. The summed E-state index contributed by atoms with van der Waals surface area (Å²) < 4.78 is 31.9. The van der Waals surface area contributed by atoms with Gasteiger partial charge in [-0.3, -0.25) is 0 Å². The van der Waals surface area contributed by atoms with Gasteiger partial charge in [0.05, 0.1) is 18.1 Å². The topological polar surface area (TPSA) is 75.6 Å². The molecule has 0 bridgehead atoms. The van der Waals surface area contributed by atoms with Gasteiger partial charge in [-0.25, -0.2) is 13.1 Å². The molecule has 19 heavy (non-hydrogen) atoms. The fraction of sp³-hybridized carbons (Fsp3) is 0.538. The number of hydrogen-bond donors (Lipinski definition) is 2. The molecule has 0 atom stereocenters. The molecule has 1 aliphatic carbocycles. The smallest absolute Gasteiger partial charge is 0.240 e. The van der Waals surface area contributed by atoms with Crippen LogP contribution < -0.4 is 9.46 Å². The maximum Gasteiger partial charge on any atom is 0.240 e. The molecule has 1 saturated carbocycles. The lowest BCUT2D eigenvalue weighted by molar-refractivity contribution is 0.0453. The normalized spacial score (nSPS) is 22.9. The van der Waals surface area contributed by atoms with Crippen molar-refractivity contribution in [2.75, 3.05) is 13.7 Å². The number of benzene rings is 1. The molecule has 1 aromatic carbocycles. The number of sulfonamides is 1. The van der Waals surface area contributed by atoms with E-state index in [2.05, 4.69) is 4.72 Å². The molecule has 0 spiro atoms. The predicted octanol–water partition coefficient (Wildman–Crippen LogP) is 1.05. The maximum atomic E-state index is 12.1. The Morgan fingerprint density at radius 2 is 2.11 bits per heavy atom. The van der Waals surface area contributed by atoms with E-state index in [1.54, 1.807) is 26.2 Å². The highest BCUT2D eigenvalue weighted by atomic mass is 32.2. The maximum absolute atomic E-state index is 12.1. The summed E-state index contributed by atoms with van der Waals surface area (Å²) >= 11 is 0. The van der Waals surface area contributed by atoms with E-state index in [0.29, 0.717) is 25.1 Å². The largest absolute Gasteiger partial charge is 0.496 e. The van der Waals surface area contributed by atoms with Gasteiger partial charge < -0.3 is 9.84 Å². The van der Waals surface area contributed by atoms with Crippen molar-refractivity contribution in [3.63, 3.8) is 0 Å². The first-order valence-corrected chi connectivity index (χ1v) is 7.73. The second-order valence-corrected chi connectivity index (χ2v) is 6.74. The summed E-state index contributed by atoms with van der Waals surface area (Å²) in [6, 6.07) is 4.78. The summed E-state index contributed by atoms with van der Waals surface area (Å²) in [5.74, 6) is 0.908. The lowest BCUT2D eigenvalue weighted by atomic mass is 9.83. The second-order valence-electron chi connectivity index (χ2n) is 4.97. The third kappa shape index (κ3) is 3.26. The van der Waals surface area contributed by atoms with Gasteiger partial charge in [-0.15, -0.1) is 0 Å². The van der Waals surface area contributed by atoms with Crippen molar-refractivity contribution in [2.24, 2.45) is 5.92 Å². The average molecular weight is 285 g/mol. The highest BCUT2D eigenvalue weighted by molar-refractivity contribution is 7.89. The quantitative estimate of drug-likeness (QED) is 0.848. The molecular formula is C13H19NO4S. The number of nitrogens with one attached hydrogen (secondary N) is 1. The lowest BCUT2D eigenvalue weighted by Gasteiger charge is -2.31.